The molecule has 0 spiro atoms. The average molecular weight is 645 g/mol. The first-order chi connectivity index (χ1) is 20.5. The lowest BCUT2D eigenvalue weighted by molar-refractivity contribution is -0.0661. The van der Waals surface area contributed by atoms with Crippen LogP contribution in [0.4, 0.5) is 10.2 Å². The zero-order chi connectivity index (χ0) is 30.1. The van der Waals surface area contributed by atoms with Gasteiger partial charge in [0, 0.05) is 6.42 Å². The van der Waals surface area contributed by atoms with Crippen molar-refractivity contribution in [1.29, 1.82) is 0 Å². The molecule has 7 heterocycles. The van der Waals surface area contributed by atoms with E-state index in [1.165, 1.54) is 21.8 Å². The summed E-state index contributed by atoms with van der Waals surface area (Å²) in [5.41, 5.74) is 5.72. The van der Waals surface area contributed by atoms with Crippen molar-refractivity contribution >= 4 is 43.8 Å². The van der Waals surface area contributed by atoms with Crippen LogP contribution in [0.25, 0.3) is 22.3 Å². The van der Waals surface area contributed by atoms with Crippen LogP contribution in [0.2, 0.25) is 0 Å². The molecular weight excluding hydrogens is 623 g/mol. The fourth-order valence-corrected chi connectivity index (χ4v) is 7.08. The van der Waals surface area contributed by atoms with Crippen LogP contribution in [0, 0.1) is 0 Å². The highest BCUT2D eigenvalue weighted by molar-refractivity contribution is 7.47. The number of rotatable bonds is 2. The molecule has 0 radical (unpaired) electrons. The van der Waals surface area contributed by atoms with Crippen molar-refractivity contribution in [1.82, 2.24) is 39.0 Å². The first kappa shape index (κ1) is 28.5. The number of phosphoric ester groups is 2. The minimum absolute atomic E-state index is 0.0174. The number of nitrogen functional groups attached to an aromatic ring is 1. The van der Waals surface area contributed by atoms with Crippen LogP contribution in [-0.2, 0) is 36.7 Å². The molecule has 0 aromatic carbocycles. The van der Waals surface area contributed by atoms with E-state index in [1.807, 2.05) is 0 Å². The maximum Gasteiger partial charge on any atom is 0.472 e. The van der Waals surface area contributed by atoms with Gasteiger partial charge in [0.05, 0.1) is 32.2 Å². The summed E-state index contributed by atoms with van der Waals surface area (Å²) in [7, 11) is -9.87. The van der Waals surface area contributed by atoms with E-state index in [0.717, 1.165) is 12.7 Å². The normalized spacial score (nSPS) is 37.1. The molecule has 23 heteroatoms. The van der Waals surface area contributed by atoms with Crippen LogP contribution < -0.4 is 11.3 Å². The van der Waals surface area contributed by atoms with E-state index in [1.54, 1.807) is 0 Å². The van der Waals surface area contributed by atoms with Gasteiger partial charge in [0.2, 0.25) is 0 Å². The number of hydrogen-bond acceptors (Lipinski definition) is 15. The van der Waals surface area contributed by atoms with Gasteiger partial charge in [0.15, 0.2) is 35.0 Å². The van der Waals surface area contributed by atoms with Gasteiger partial charge >= 0.3 is 15.6 Å². The number of hydrogen-bond donors (Lipinski definition) is 4. The molecule has 0 saturated carbocycles. The van der Waals surface area contributed by atoms with E-state index < -0.39 is 77.5 Å². The lowest BCUT2D eigenvalue weighted by atomic mass is 10.1. The molecule has 20 nitrogen and oxygen atoms in total. The maximum atomic E-state index is 15.8. The summed E-state index contributed by atoms with van der Waals surface area (Å²) in [5.74, 6) is 0.0241. The molecular formula is C20H22FN9O11P2. The molecule has 43 heavy (non-hydrogen) atoms. The molecule has 7 rings (SSSR count). The minimum Gasteiger partial charge on any atom is -0.382 e. The van der Waals surface area contributed by atoms with E-state index in [2.05, 4.69) is 29.9 Å². The molecule has 4 aromatic rings. The highest BCUT2D eigenvalue weighted by atomic mass is 31.2. The average Bonchev–Trinajstić information content (AvgIpc) is 3.72. The molecule has 3 fully saturated rings. The molecule has 230 valence electrons. The number of imidazole rings is 2. The Labute approximate surface area is 238 Å². The summed E-state index contributed by atoms with van der Waals surface area (Å²) < 4.78 is 76.7. The smallest absolute Gasteiger partial charge is 0.382 e. The largest absolute Gasteiger partial charge is 0.472 e. The van der Waals surface area contributed by atoms with E-state index in [4.69, 9.17) is 33.3 Å². The Hall–Kier alpha value is -3.23. The standard InChI is InChI=1S/C20H22FN9O11P2/c21-12-15-10(39-20(12)30-7-27-13-16(22)23-4-24-17(13)30)3-37-42(32,33)40-8-1-11(38-9(8)2-36-43(34,35)41-15)29-6-28-14-18(29)25-5-26-19(14)31/h4-12,15,20H,1-3H2,(H,32,33)(H,34,35)(H2,22,23,24)(H,25,26,31)/t8-,9?,10?,11?,12+,15+,20?/m0/s1. The Kier molecular flexibility index (Phi) is 6.93. The van der Waals surface area contributed by atoms with Gasteiger partial charge in [-0.3, -0.25) is 32.0 Å². The van der Waals surface area contributed by atoms with Gasteiger partial charge in [-0.05, 0) is 0 Å². The number of fused-ring (bicyclic) bond motifs is 4. The molecule has 5 N–H and O–H groups in total. The van der Waals surface area contributed by atoms with Gasteiger partial charge < -0.3 is 30.0 Å². The zero-order valence-corrected chi connectivity index (χ0v) is 23.3. The number of nitrogens with one attached hydrogen (secondary N) is 1. The molecule has 3 aliphatic rings. The van der Waals surface area contributed by atoms with E-state index in [9.17, 15) is 23.7 Å². The lowest BCUT2D eigenvalue weighted by Gasteiger charge is -2.27. The van der Waals surface area contributed by atoms with E-state index in [-0.39, 0.29) is 34.6 Å². The van der Waals surface area contributed by atoms with Gasteiger partial charge in [0.25, 0.3) is 5.56 Å². The molecule has 9 atom stereocenters. The second-order valence-electron chi connectivity index (χ2n) is 9.76. The van der Waals surface area contributed by atoms with Crippen molar-refractivity contribution in [3.63, 3.8) is 0 Å². The molecule has 3 saturated heterocycles. The highest BCUT2D eigenvalue weighted by Crippen LogP contribution is 2.54. The number of halogens is 1. The maximum absolute atomic E-state index is 15.8. The number of ether oxygens (including phenoxy) is 2. The zero-order valence-electron chi connectivity index (χ0n) is 21.5. The molecule has 3 aliphatic heterocycles. The van der Waals surface area contributed by atoms with Crippen LogP contribution in [0.15, 0.2) is 30.1 Å². The quantitative estimate of drug-likeness (QED) is 0.210. The molecule has 6 unspecified atom stereocenters. The van der Waals surface area contributed by atoms with E-state index in [0.29, 0.717) is 0 Å². The van der Waals surface area contributed by atoms with Crippen molar-refractivity contribution in [3.05, 3.63) is 35.7 Å². The number of anilines is 1. The lowest BCUT2D eigenvalue weighted by Crippen LogP contribution is -2.35. The number of alkyl halides is 1. The number of nitrogens with zero attached hydrogens (tertiary/aromatic N) is 7. The Bertz CT molecular complexity index is 1850. The summed E-state index contributed by atoms with van der Waals surface area (Å²) in [5, 5.41) is 0. The van der Waals surface area contributed by atoms with Gasteiger partial charge in [0.1, 0.15) is 42.5 Å². The number of phosphoric acid groups is 2. The Morgan fingerprint density at radius 2 is 1.60 bits per heavy atom. The third-order valence-electron chi connectivity index (χ3n) is 7.11. The van der Waals surface area contributed by atoms with Crippen LogP contribution in [-0.4, -0.2) is 92.6 Å². The molecule has 0 bridgehead atoms. The van der Waals surface area contributed by atoms with Crippen LogP contribution in [0.1, 0.15) is 18.9 Å². The van der Waals surface area contributed by atoms with Crippen LogP contribution in [0.3, 0.4) is 0 Å². The second kappa shape index (κ2) is 10.4. The summed E-state index contributed by atoms with van der Waals surface area (Å²) in [6, 6.07) is 0. The van der Waals surface area contributed by atoms with Crippen LogP contribution >= 0.6 is 15.6 Å². The number of aromatic nitrogens is 8. The Balaban J connectivity index is 1.15. The van der Waals surface area contributed by atoms with Gasteiger partial charge in [-0.2, -0.15) is 0 Å². The fourth-order valence-electron chi connectivity index (χ4n) is 5.16. The van der Waals surface area contributed by atoms with Gasteiger partial charge in [-0.25, -0.2) is 38.4 Å². The first-order valence-electron chi connectivity index (χ1n) is 12.6. The number of H-pyrrole nitrogens is 1. The highest BCUT2D eigenvalue weighted by Gasteiger charge is 2.53. The topological polar surface area (TPSA) is 263 Å². The van der Waals surface area contributed by atoms with Crippen molar-refractivity contribution in [2.45, 2.75) is 49.5 Å². The summed E-state index contributed by atoms with van der Waals surface area (Å²) in [4.78, 5) is 55.5. The first-order valence-corrected chi connectivity index (χ1v) is 15.6. The fraction of sp³-hybridized carbons (Fsp3) is 0.500. The number of aromatic amines is 1. The van der Waals surface area contributed by atoms with Crippen molar-refractivity contribution in [2.75, 3.05) is 18.9 Å². The van der Waals surface area contributed by atoms with Crippen molar-refractivity contribution < 1.29 is 50.9 Å². The second-order valence-corrected chi connectivity index (χ2v) is 12.6. The third kappa shape index (κ3) is 5.16. The molecule has 0 amide bonds. The number of nitrogens with two attached hydrogens (primary N) is 1. The monoisotopic (exact) mass is 645 g/mol. The predicted octanol–water partition coefficient (Wildman–Crippen LogP) is 0.0827. The molecule has 4 aromatic heterocycles. The van der Waals surface area contributed by atoms with Crippen LogP contribution in [0.5, 0.6) is 0 Å². The van der Waals surface area contributed by atoms with Gasteiger partial charge in [-0.15, -0.1) is 0 Å². The summed E-state index contributed by atoms with van der Waals surface area (Å²) in [6.45, 7) is -1.48. The summed E-state index contributed by atoms with van der Waals surface area (Å²) >= 11 is 0. The van der Waals surface area contributed by atoms with E-state index >= 15 is 4.39 Å². The molecule has 0 aliphatic carbocycles. The van der Waals surface area contributed by atoms with Crippen molar-refractivity contribution in [2.24, 2.45) is 0 Å². The predicted molar refractivity (Wildman–Crippen MR) is 137 cm³/mol. The minimum atomic E-state index is -5.00. The third-order valence-corrected chi connectivity index (χ3v) is 9.11. The SMILES string of the molecule is Nc1ncnc2c1ncn2C1OC2COP(=O)(O)O[C@H]3CC(n4cnc5c(=O)[nH]cnc54)OC3COP(=O)(O)O[C@H]2[C@H]1F. The Morgan fingerprint density at radius 1 is 0.907 bits per heavy atom. The van der Waals surface area contributed by atoms with Crippen molar-refractivity contribution in [3.8, 4) is 0 Å². The van der Waals surface area contributed by atoms with Gasteiger partial charge in [-0.1, -0.05) is 0 Å². The summed E-state index contributed by atoms with van der Waals surface area (Å²) in [6.07, 6.45) is -5.69. The Morgan fingerprint density at radius 3 is 2.42 bits per heavy atom.